The van der Waals surface area contributed by atoms with Crippen LogP contribution in [0.5, 0.6) is 11.5 Å². The van der Waals surface area contributed by atoms with Crippen molar-refractivity contribution in [3.63, 3.8) is 0 Å². The van der Waals surface area contributed by atoms with E-state index in [1.807, 2.05) is 12.1 Å². The van der Waals surface area contributed by atoms with Crippen molar-refractivity contribution in [2.75, 3.05) is 12.4 Å². The molecule has 0 aliphatic carbocycles. The van der Waals surface area contributed by atoms with Gasteiger partial charge in [0.2, 0.25) is 0 Å². The van der Waals surface area contributed by atoms with Gasteiger partial charge in [-0.3, -0.25) is 4.79 Å². The molecule has 0 saturated heterocycles. The molecule has 1 aliphatic heterocycles. The summed E-state index contributed by atoms with van der Waals surface area (Å²) in [4.78, 5) is 12.2. The number of anilines is 1. The van der Waals surface area contributed by atoms with Crippen LogP contribution in [0.3, 0.4) is 0 Å². The van der Waals surface area contributed by atoms with Crippen LogP contribution in [0.2, 0.25) is 5.02 Å². The van der Waals surface area contributed by atoms with Gasteiger partial charge in [0.1, 0.15) is 23.9 Å². The Morgan fingerprint density at radius 3 is 2.50 bits per heavy atom. The third-order valence-electron chi connectivity index (χ3n) is 5.89. The molecule has 34 heavy (non-hydrogen) atoms. The number of fused-ring (bicyclic) bond motifs is 1. The Bertz CT molecular complexity index is 1310. The first-order valence-corrected chi connectivity index (χ1v) is 11.4. The molecule has 0 aromatic heterocycles. The van der Waals surface area contributed by atoms with Gasteiger partial charge in [-0.2, -0.15) is 0 Å². The van der Waals surface area contributed by atoms with Crippen LogP contribution in [0.4, 0.5) is 10.1 Å². The quantitative estimate of drug-likeness (QED) is 0.371. The van der Waals surface area contributed by atoms with E-state index in [1.165, 1.54) is 26.2 Å². The van der Waals surface area contributed by atoms with Crippen LogP contribution in [0.15, 0.2) is 54.6 Å². The molecule has 0 bridgehead atoms. The number of rotatable bonds is 6. The van der Waals surface area contributed by atoms with E-state index in [4.69, 9.17) is 21.1 Å². The molecule has 0 saturated carbocycles. The highest BCUT2D eigenvalue weighted by molar-refractivity contribution is 6.30. The number of allylic oxidation sites excluding steroid dienone is 1. The van der Waals surface area contributed by atoms with E-state index < -0.39 is 0 Å². The minimum atomic E-state index is -0.374. The van der Waals surface area contributed by atoms with Crippen LogP contribution in [0, 0.1) is 5.82 Å². The van der Waals surface area contributed by atoms with E-state index in [1.54, 1.807) is 24.3 Å². The normalized spacial score (nSPS) is 14.0. The molecule has 0 spiro atoms. The second-order valence-corrected chi connectivity index (χ2v) is 9.45. The van der Waals surface area contributed by atoms with Crippen molar-refractivity contribution in [3.05, 3.63) is 82.1 Å². The van der Waals surface area contributed by atoms with E-state index in [2.05, 4.69) is 32.2 Å². The predicted octanol–water partition coefficient (Wildman–Crippen LogP) is 7.54. The summed E-state index contributed by atoms with van der Waals surface area (Å²) in [5.41, 5.74) is 5.84. The van der Waals surface area contributed by atoms with E-state index in [-0.39, 0.29) is 23.7 Å². The van der Waals surface area contributed by atoms with Crippen LogP contribution < -0.4 is 14.8 Å². The molecule has 0 atom stereocenters. The van der Waals surface area contributed by atoms with E-state index in [0.717, 1.165) is 33.5 Å². The van der Waals surface area contributed by atoms with Crippen molar-refractivity contribution in [2.24, 2.45) is 0 Å². The molecule has 4 rings (SSSR count). The smallest absolute Gasteiger partial charge is 0.163 e. The summed E-state index contributed by atoms with van der Waals surface area (Å²) in [5, 5.41) is 4.04. The molecule has 0 fully saturated rings. The molecule has 0 radical (unpaired) electrons. The second kappa shape index (κ2) is 9.15. The lowest BCUT2D eigenvalue weighted by atomic mass is 9.85. The van der Waals surface area contributed by atoms with Gasteiger partial charge < -0.3 is 14.8 Å². The summed E-state index contributed by atoms with van der Waals surface area (Å²) >= 11 is 6.19. The maximum atomic E-state index is 13.9. The van der Waals surface area contributed by atoms with Gasteiger partial charge in [0.25, 0.3) is 0 Å². The average Bonchev–Trinajstić information content (AvgIpc) is 2.76. The lowest BCUT2D eigenvalue weighted by molar-refractivity contribution is 0.101. The molecular weight excluding hydrogens is 453 g/mol. The molecule has 176 valence electrons. The van der Waals surface area contributed by atoms with Crippen molar-refractivity contribution in [1.82, 2.24) is 0 Å². The molecule has 0 unspecified atom stereocenters. The van der Waals surface area contributed by atoms with Gasteiger partial charge in [-0.1, -0.05) is 23.7 Å². The number of methoxy groups -OCH3 is 1. The van der Waals surface area contributed by atoms with Crippen LogP contribution in [0.25, 0.3) is 16.7 Å². The van der Waals surface area contributed by atoms with Crippen molar-refractivity contribution in [1.29, 1.82) is 0 Å². The molecule has 6 heteroatoms. The van der Waals surface area contributed by atoms with Gasteiger partial charge in [-0.05, 0) is 75.2 Å². The first-order chi connectivity index (χ1) is 16.1. The average molecular weight is 480 g/mol. The monoisotopic (exact) mass is 479 g/mol. The standard InChI is InChI=1S/C28H27ClFNO3/c1-16-14-28(3,4)31-24-11-10-21(22-9-7-19(30)13-25(22)33-5)23(27(16)24)15-34-26-12-18(29)6-8-20(26)17(2)32/h6-14,31H,15H2,1-5H3. The van der Waals surface area contributed by atoms with E-state index >= 15 is 0 Å². The number of hydrogen-bond acceptors (Lipinski definition) is 4. The first kappa shape index (κ1) is 23.8. The van der Waals surface area contributed by atoms with Gasteiger partial charge in [0.05, 0.1) is 18.2 Å². The molecule has 3 aromatic carbocycles. The van der Waals surface area contributed by atoms with Crippen molar-refractivity contribution < 1.29 is 18.7 Å². The fourth-order valence-corrected chi connectivity index (χ4v) is 4.71. The van der Waals surface area contributed by atoms with E-state index in [0.29, 0.717) is 22.1 Å². The highest BCUT2D eigenvalue weighted by Gasteiger charge is 2.27. The number of carbonyl (C=O) groups is 1. The van der Waals surface area contributed by atoms with Gasteiger partial charge in [-0.15, -0.1) is 0 Å². The van der Waals surface area contributed by atoms with Gasteiger partial charge >= 0.3 is 0 Å². The second-order valence-electron chi connectivity index (χ2n) is 9.02. The summed E-state index contributed by atoms with van der Waals surface area (Å²) in [6.07, 6.45) is 2.17. The number of ether oxygens (including phenoxy) is 2. The largest absolute Gasteiger partial charge is 0.496 e. The fraction of sp³-hybridized carbons (Fsp3) is 0.250. The highest BCUT2D eigenvalue weighted by atomic mass is 35.5. The van der Waals surface area contributed by atoms with Crippen LogP contribution >= 0.6 is 11.6 Å². The Balaban J connectivity index is 1.88. The Hall–Kier alpha value is -3.31. The predicted molar refractivity (Wildman–Crippen MR) is 136 cm³/mol. The van der Waals surface area contributed by atoms with Crippen LogP contribution in [0.1, 0.15) is 49.2 Å². The minimum Gasteiger partial charge on any atom is -0.496 e. The van der Waals surface area contributed by atoms with Crippen molar-refractivity contribution in [2.45, 2.75) is 39.8 Å². The van der Waals surface area contributed by atoms with Crippen LogP contribution in [-0.2, 0) is 6.61 Å². The lowest BCUT2D eigenvalue weighted by Gasteiger charge is -2.33. The summed E-state index contributed by atoms with van der Waals surface area (Å²) in [6, 6.07) is 13.5. The molecule has 1 heterocycles. The third-order valence-corrected chi connectivity index (χ3v) is 6.13. The van der Waals surface area contributed by atoms with Crippen LogP contribution in [-0.4, -0.2) is 18.4 Å². The number of hydrogen-bond donors (Lipinski definition) is 1. The number of nitrogens with one attached hydrogen (secondary N) is 1. The third kappa shape index (κ3) is 4.66. The van der Waals surface area contributed by atoms with Crippen molar-refractivity contribution >= 4 is 28.6 Å². The van der Waals surface area contributed by atoms with Gasteiger partial charge in [0, 0.05) is 33.5 Å². The Morgan fingerprint density at radius 1 is 1.06 bits per heavy atom. The molecule has 0 amide bonds. The molecule has 4 nitrogen and oxygen atoms in total. The first-order valence-electron chi connectivity index (χ1n) is 11.0. The number of ketones is 1. The SMILES string of the molecule is COc1cc(F)ccc1-c1ccc2c(c1COc1cc(Cl)ccc1C(C)=O)C(C)=CC(C)(C)N2. The summed E-state index contributed by atoms with van der Waals surface area (Å²) in [5.74, 6) is 0.363. The number of halogens is 2. The van der Waals surface area contributed by atoms with Crippen molar-refractivity contribution in [3.8, 4) is 22.6 Å². The lowest BCUT2D eigenvalue weighted by Crippen LogP contribution is -2.32. The summed E-state index contributed by atoms with van der Waals surface area (Å²) < 4.78 is 25.6. The maximum absolute atomic E-state index is 13.9. The zero-order valence-corrected chi connectivity index (χ0v) is 20.6. The topological polar surface area (TPSA) is 47.6 Å². The Labute approximate surface area is 204 Å². The van der Waals surface area contributed by atoms with Gasteiger partial charge in [0.15, 0.2) is 5.78 Å². The minimum absolute atomic E-state index is 0.110. The zero-order chi connectivity index (χ0) is 24.6. The van der Waals surface area contributed by atoms with Gasteiger partial charge in [-0.25, -0.2) is 4.39 Å². The highest BCUT2D eigenvalue weighted by Crippen LogP contribution is 2.43. The number of benzene rings is 3. The molecular formula is C28H27ClFNO3. The summed E-state index contributed by atoms with van der Waals surface area (Å²) in [6.45, 7) is 7.95. The summed E-state index contributed by atoms with van der Waals surface area (Å²) in [7, 11) is 1.52. The molecule has 1 N–H and O–H groups in total. The Kier molecular flexibility index (Phi) is 6.41. The Morgan fingerprint density at radius 2 is 1.79 bits per heavy atom. The number of carbonyl (C=O) groups excluding carboxylic acids is 1. The fourth-order valence-electron chi connectivity index (χ4n) is 4.55. The number of Topliss-reactive ketones (excluding diaryl/α,β-unsaturated/α-hetero) is 1. The molecule has 1 aliphatic rings. The molecule has 3 aromatic rings. The van der Waals surface area contributed by atoms with E-state index in [9.17, 15) is 9.18 Å². The zero-order valence-electron chi connectivity index (χ0n) is 19.9. The maximum Gasteiger partial charge on any atom is 0.163 e.